The van der Waals surface area contributed by atoms with Crippen molar-refractivity contribution in [3.8, 4) is 0 Å². The lowest BCUT2D eigenvalue weighted by Gasteiger charge is -2.17. The van der Waals surface area contributed by atoms with Gasteiger partial charge >= 0.3 is 0 Å². The first-order valence-electron chi connectivity index (χ1n) is 7.88. The Morgan fingerprint density at radius 2 is 1.88 bits per heavy atom. The van der Waals surface area contributed by atoms with E-state index in [0.717, 1.165) is 16.8 Å². The molecular weight excluding hydrogens is 307 g/mol. The predicted molar refractivity (Wildman–Crippen MR) is 91.4 cm³/mol. The first-order chi connectivity index (χ1) is 11.5. The van der Waals surface area contributed by atoms with Crippen LogP contribution in [0.2, 0.25) is 0 Å². The molecule has 0 radical (unpaired) electrons. The summed E-state index contributed by atoms with van der Waals surface area (Å²) < 4.78 is 13.0. The summed E-state index contributed by atoms with van der Waals surface area (Å²) in [6.07, 6.45) is 0.161. The van der Waals surface area contributed by atoms with Crippen LogP contribution in [0.15, 0.2) is 42.5 Å². The fourth-order valence-electron chi connectivity index (χ4n) is 2.88. The molecule has 3 rings (SSSR count). The van der Waals surface area contributed by atoms with Crippen LogP contribution >= 0.6 is 0 Å². The molecular formula is C19H19FN2O2. The Labute approximate surface area is 140 Å². The van der Waals surface area contributed by atoms with Gasteiger partial charge in [-0.15, -0.1) is 0 Å². The molecule has 124 valence electrons. The summed E-state index contributed by atoms with van der Waals surface area (Å²) in [5, 5.41) is 2.92. The molecule has 1 N–H and O–H groups in total. The molecule has 0 bridgehead atoms. The fraction of sp³-hybridized carbons (Fsp3) is 0.263. The van der Waals surface area contributed by atoms with Crippen molar-refractivity contribution in [3.05, 3.63) is 59.4 Å². The third-order valence-electron chi connectivity index (χ3n) is 4.50. The van der Waals surface area contributed by atoms with Crippen LogP contribution in [0.3, 0.4) is 0 Å². The van der Waals surface area contributed by atoms with Crippen molar-refractivity contribution < 1.29 is 14.0 Å². The monoisotopic (exact) mass is 326 g/mol. The highest BCUT2D eigenvalue weighted by Gasteiger charge is 2.35. The molecule has 1 saturated heterocycles. The second-order valence-electron chi connectivity index (χ2n) is 6.12. The van der Waals surface area contributed by atoms with Gasteiger partial charge in [0.25, 0.3) is 0 Å². The molecule has 5 heteroatoms. The number of anilines is 2. The molecule has 2 aromatic carbocycles. The van der Waals surface area contributed by atoms with E-state index < -0.39 is 5.92 Å². The first kappa shape index (κ1) is 16.2. The van der Waals surface area contributed by atoms with Crippen molar-refractivity contribution in [3.63, 3.8) is 0 Å². The maximum atomic E-state index is 13.0. The predicted octanol–water partition coefficient (Wildman–Crippen LogP) is 3.43. The molecule has 1 aliphatic rings. The van der Waals surface area contributed by atoms with Gasteiger partial charge < -0.3 is 10.2 Å². The van der Waals surface area contributed by atoms with E-state index in [1.807, 2.05) is 32.0 Å². The third-order valence-corrected chi connectivity index (χ3v) is 4.50. The van der Waals surface area contributed by atoms with Gasteiger partial charge in [0.05, 0.1) is 5.92 Å². The Morgan fingerprint density at radius 1 is 1.17 bits per heavy atom. The number of rotatable bonds is 3. The van der Waals surface area contributed by atoms with Crippen LogP contribution in [0.5, 0.6) is 0 Å². The van der Waals surface area contributed by atoms with Crippen LogP contribution in [0.1, 0.15) is 17.5 Å². The Morgan fingerprint density at radius 3 is 2.58 bits per heavy atom. The van der Waals surface area contributed by atoms with E-state index in [4.69, 9.17) is 0 Å². The number of aryl methyl sites for hydroxylation is 1. The van der Waals surface area contributed by atoms with Gasteiger partial charge in [0.15, 0.2) is 0 Å². The number of carbonyl (C=O) groups excluding carboxylic acids is 2. The topological polar surface area (TPSA) is 49.4 Å². The highest BCUT2D eigenvalue weighted by molar-refractivity contribution is 6.03. The summed E-state index contributed by atoms with van der Waals surface area (Å²) in [7, 11) is 0. The van der Waals surface area contributed by atoms with Gasteiger partial charge in [-0.05, 0) is 55.3 Å². The molecule has 0 aromatic heterocycles. The lowest BCUT2D eigenvalue weighted by molar-refractivity contribution is -0.122. The lowest BCUT2D eigenvalue weighted by atomic mass is 10.1. The number of hydrogen-bond acceptors (Lipinski definition) is 2. The number of nitrogens with one attached hydrogen (secondary N) is 1. The smallest absolute Gasteiger partial charge is 0.229 e. The van der Waals surface area contributed by atoms with Gasteiger partial charge in [-0.1, -0.05) is 12.1 Å². The molecule has 4 nitrogen and oxygen atoms in total. The van der Waals surface area contributed by atoms with Gasteiger partial charge in [-0.2, -0.15) is 0 Å². The number of hydrogen-bond donors (Lipinski definition) is 1. The fourth-order valence-corrected chi connectivity index (χ4v) is 2.88. The van der Waals surface area contributed by atoms with Gasteiger partial charge in [-0.3, -0.25) is 9.59 Å². The van der Waals surface area contributed by atoms with E-state index >= 15 is 0 Å². The van der Waals surface area contributed by atoms with Crippen molar-refractivity contribution >= 4 is 23.2 Å². The molecule has 1 heterocycles. The van der Waals surface area contributed by atoms with E-state index in [0.29, 0.717) is 12.2 Å². The normalized spacial score (nSPS) is 17.2. The van der Waals surface area contributed by atoms with E-state index in [-0.39, 0.29) is 24.1 Å². The second kappa shape index (κ2) is 6.43. The van der Waals surface area contributed by atoms with Gasteiger partial charge in [-0.25, -0.2) is 4.39 Å². The Hall–Kier alpha value is -2.69. The minimum atomic E-state index is -0.414. The van der Waals surface area contributed by atoms with E-state index in [9.17, 15) is 14.0 Å². The summed E-state index contributed by atoms with van der Waals surface area (Å²) in [4.78, 5) is 26.2. The first-order valence-corrected chi connectivity index (χ1v) is 7.88. The number of nitrogens with zero attached hydrogens (tertiary/aromatic N) is 1. The largest absolute Gasteiger partial charge is 0.326 e. The number of benzene rings is 2. The average molecular weight is 326 g/mol. The van der Waals surface area contributed by atoms with Crippen LogP contribution < -0.4 is 10.2 Å². The number of halogens is 1. The van der Waals surface area contributed by atoms with Crippen LogP contribution in [-0.4, -0.2) is 18.4 Å². The van der Waals surface area contributed by atoms with Crippen molar-refractivity contribution in [1.29, 1.82) is 0 Å². The zero-order valence-electron chi connectivity index (χ0n) is 13.7. The zero-order valence-corrected chi connectivity index (χ0v) is 13.7. The summed E-state index contributed by atoms with van der Waals surface area (Å²) in [5.41, 5.74) is 3.50. The van der Waals surface area contributed by atoms with Crippen LogP contribution in [0, 0.1) is 25.6 Å². The Kier molecular flexibility index (Phi) is 4.34. The lowest BCUT2D eigenvalue weighted by Crippen LogP contribution is -2.28. The van der Waals surface area contributed by atoms with Gasteiger partial charge in [0.2, 0.25) is 11.8 Å². The van der Waals surface area contributed by atoms with Crippen LogP contribution in [0.4, 0.5) is 15.8 Å². The third kappa shape index (κ3) is 3.15. The van der Waals surface area contributed by atoms with E-state index in [1.54, 1.807) is 12.1 Å². The summed E-state index contributed by atoms with van der Waals surface area (Å²) in [6, 6.07) is 11.5. The molecule has 1 unspecified atom stereocenters. The summed E-state index contributed by atoms with van der Waals surface area (Å²) in [6.45, 7) is 4.25. The number of amides is 2. The van der Waals surface area contributed by atoms with E-state index in [2.05, 4.69) is 5.32 Å². The molecule has 0 spiro atoms. The van der Waals surface area contributed by atoms with Crippen molar-refractivity contribution in [2.24, 2.45) is 5.92 Å². The summed E-state index contributed by atoms with van der Waals surface area (Å²) in [5.74, 6) is -1.05. The number of carbonyl (C=O) groups is 2. The van der Waals surface area contributed by atoms with Crippen molar-refractivity contribution in [1.82, 2.24) is 0 Å². The molecule has 1 aliphatic heterocycles. The van der Waals surface area contributed by atoms with E-state index in [1.165, 1.54) is 17.0 Å². The molecule has 24 heavy (non-hydrogen) atoms. The maximum Gasteiger partial charge on any atom is 0.229 e. The molecule has 2 amide bonds. The molecule has 0 saturated carbocycles. The standard InChI is InChI=1S/C19H19FN2O2/c1-12-4-3-5-17(13(12)2)21-19(24)14-10-18(23)22(11-14)16-8-6-15(20)7-9-16/h3-9,14H,10-11H2,1-2H3,(H,21,24). The Balaban J connectivity index is 1.72. The molecule has 1 fully saturated rings. The second-order valence-corrected chi connectivity index (χ2v) is 6.12. The van der Waals surface area contributed by atoms with Crippen molar-refractivity contribution in [2.45, 2.75) is 20.3 Å². The molecule has 0 aliphatic carbocycles. The average Bonchev–Trinajstić information content (AvgIpc) is 2.94. The summed E-state index contributed by atoms with van der Waals surface area (Å²) >= 11 is 0. The minimum absolute atomic E-state index is 0.122. The van der Waals surface area contributed by atoms with Crippen LogP contribution in [0.25, 0.3) is 0 Å². The highest BCUT2D eigenvalue weighted by Crippen LogP contribution is 2.27. The van der Waals surface area contributed by atoms with Crippen molar-refractivity contribution in [2.75, 3.05) is 16.8 Å². The highest BCUT2D eigenvalue weighted by atomic mass is 19.1. The SMILES string of the molecule is Cc1cccc(NC(=O)C2CC(=O)N(c3ccc(F)cc3)C2)c1C. The minimum Gasteiger partial charge on any atom is -0.326 e. The molecule has 1 atom stereocenters. The maximum absolute atomic E-state index is 13.0. The quantitative estimate of drug-likeness (QED) is 0.939. The van der Waals surface area contributed by atoms with Crippen LogP contribution in [-0.2, 0) is 9.59 Å². The van der Waals surface area contributed by atoms with Gasteiger partial charge in [0, 0.05) is 24.3 Å². The Bertz CT molecular complexity index is 786. The molecule has 2 aromatic rings. The zero-order chi connectivity index (χ0) is 17.3. The van der Waals surface area contributed by atoms with Gasteiger partial charge in [0.1, 0.15) is 5.82 Å².